The van der Waals surface area contributed by atoms with Crippen LogP contribution in [0.4, 0.5) is 0 Å². The van der Waals surface area contributed by atoms with Crippen molar-refractivity contribution in [1.82, 2.24) is 0 Å². The number of hydrogen-bond donors (Lipinski definition) is 0. The van der Waals surface area contributed by atoms with Crippen molar-refractivity contribution in [3.63, 3.8) is 0 Å². The standard InChI is InChI=1S/2C20H30O2.Pb/c2*1-13(2)14-6-8-16-15(12-14)7-9-17-19(16,3)10-5-11-20(17,4)18(21)22;/h2*7,12-13,16-17H,5-6,8-11H2,1-4H3,(H,21,22);/q;;+2/p-2/t2*16-,17?,19-,20+;/m11./s1. The van der Waals surface area contributed by atoms with E-state index in [9.17, 15) is 19.8 Å². The predicted molar refractivity (Wildman–Crippen MR) is 180 cm³/mol. The molecule has 0 amide bonds. The molecule has 6 aliphatic carbocycles. The van der Waals surface area contributed by atoms with Crippen LogP contribution in [0.3, 0.4) is 0 Å². The Bertz CT molecular complexity index is 1190. The Morgan fingerprint density at radius 1 is 0.667 bits per heavy atom. The zero-order valence-corrected chi connectivity index (χ0v) is 33.3. The molecule has 2 radical (unpaired) electrons. The first-order chi connectivity index (χ1) is 20.6. The molecule has 246 valence electrons. The summed E-state index contributed by atoms with van der Waals surface area (Å²) in [5.74, 6) is 1.08. The fourth-order valence-electron chi connectivity index (χ4n) is 11.2. The van der Waals surface area contributed by atoms with Gasteiger partial charge in [0.15, 0.2) is 0 Å². The molecule has 2 fully saturated rings. The van der Waals surface area contributed by atoms with Gasteiger partial charge in [-0.2, -0.15) is 0 Å². The summed E-state index contributed by atoms with van der Waals surface area (Å²) >= 11 is 0. The van der Waals surface area contributed by atoms with Crippen LogP contribution in [0.1, 0.15) is 132 Å². The van der Waals surface area contributed by atoms with Crippen molar-refractivity contribution >= 4 is 39.2 Å². The van der Waals surface area contributed by atoms with E-state index in [1.165, 1.54) is 36.8 Å². The summed E-state index contributed by atoms with van der Waals surface area (Å²) in [6, 6.07) is 0. The Morgan fingerprint density at radius 3 is 1.33 bits per heavy atom. The van der Waals surface area contributed by atoms with Crippen LogP contribution < -0.4 is 10.2 Å². The first-order valence-electron chi connectivity index (χ1n) is 17.8. The van der Waals surface area contributed by atoms with Gasteiger partial charge < -0.3 is 19.8 Å². The second-order valence-corrected chi connectivity index (χ2v) is 17.0. The van der Waals surface area contributed by atoms with E-state index >= 15 is 0 Å². The van der Waals surface area contributed by atoms with E-state index < -0.39 is 22.8 Å². The number of aliphatic carboxylic acids is 2. The van der Waals surface area contributed by atoms with Gasteiger partial charge in [-0.1, -0.05) is 104 Å². The van der Waals surface area contributed by atoms with E-state index in [0.717, 1.165) is 51.4 Å². The summed E-state index contributed by atoms with van der Waals surface area (Å²) in [5, 5.41) is 23.7. The Kier molecular flexibility index (Phi) is 10.9. The molecular weight excluding hydrogens is 752 g/mol. The fraction of sp³-hybridized carbons (Fsp3) is 0.750. The normalized spacial score (nSPS) is 40.4. The van der Waals surface area contributed by atoms with Crippen LogP contribution >= 0.6 is 0 Å². The molecule has 0 heterocycles. The van der Waals surface area contributed by atoms with Crippen molar-refractivity contribution in [2.45, 2.75) is 132 Å². The van der Waals surface area contributed by atoms with E-state index in [4.69, 9.17) is 0 Å². The first-order valence-corrected chi connectivity index (χ1v) is 17.8. The minimum Gasteiger partial charge on any atom is -0.550 e. The summed E-state index contributed by atoms with van der Waals surface area (Å²) in [7, 11) is 0. The molecule has 5 heteroatoms. The maximum atomic E-state index is 11.8. The Morgan fingerprint density at radius 2 is 1.02 bits per heavy atom. The second kappa shape index (κ2) is 13.4. The van der Waals surface area contributed by atoms with E-state index in [1.54, 1.807) is 11.1 Å². The number of allylic oxidation sites excluding steroid dienone is 8. The number of carboxylic acids is 2. The molecule has 0 N–H and O–H groups in total. The van der Waals surface area contributed by atoms with Gasteiger partial charge in [-0.15, -0.1) is 0 Å². The summed E-state index contributed by atoms with van der Waals surface area (Å²) in [5.41, 5.74) is 5.01. The third-order valence-corrected chi connectivity index (χ3v) is 14.1. The van der Waals surface area contributed by atoms with Gasteiger partial charge in [-0.3, -0.25) is 0 Å². The van der Waals surface area contributed by atoms with Gasteiger partial charge in [0.25, 0.3) is 0 Å². The SMILES string of the molecule is CC(C)C1=CC2=CCC3[C@](C)(CCC[C@]3(C)C(=O)[O-])[C@@H]2CC1.CC(C)C1=CC2=CCC3[C@](C)(CCC[C@]3(C)C(=O)[O-])[C@@H]2CC1.[Pb+2]. The van der Waals surface area contributed by atoms with E-state index in [1.807, 2.05) is 13.8 Å². The summed E-state index contributed by atoms with van der Waals surface area (Å²) < 4.78 is 0. The molecule has 0 aromatic heterocycles. The Hall–Kier alpha value is -1.18. The second-order valence-electron chi connectivity index (χ2n) is 17.0. The monoisotopic (exact) mass is 810 g/mol. The number of rotatable bonds is 4. The third-order valence-electron chi connectivity index (χ3n) is 14.1. The quantitative estimate of drug-likeness (QED) is 0.278. The zero-order chi connectivity index (χ0) is 32.2. The van der Waals surface area contributed by atoms with E-state index in [2.05, 4.69) is 65.8 Å². The van der Waals surface area contributed by atoms with Crippen molar-refractivity contribution in [2.24, 2.45) is 57.2 Å². The van der Waals surface area contributed by atoms with Crippen LogP contribution in [0.5, 0.6) is 0 Å². The fourth-order valence-corrected chi connectivity index (χ4v) is 11.2. The predicted octanol–water partition coefficient (Wildman–Crippen LogP) is 7.36. The van der Waals surface area contributed by atoms with Crippen LogP contribution in [-0.2, 0) is 9.59 Å². The number of carbonyl (C=O) groups is 2. The van der Waals surface area contributed by atoms with Gasteiger partial charge in [0, 0.05) is 22.8 Å². The van der Waals surface area contributed by atoms with Crippen LogP contribution in [0.2, 0.25) is 0 Å². The van der Waals surface area contributed by atoms with Gasteiger partial charge in [0.2, 0.25) is 0 Å². The number of fused-ring (bicyclic) bond motifs is 6. The Labute approximate surface area is 293 Å². The Balaban J connectivity index is 0.000000200. The molecule has 0 saturated heterocycles. The number of carbonyl (C=O) groups excluding carboxylic acids is 2. The van der Waals surface area contributed by atoms with Crippen LogP contribution in [0.15, 0.2) is 46.6 Å². The number of carboxylic acid groups (broad SMARTS) is 2. The van der Waals surface area contributed by atoms with Crippen LogP contribution in [0.25, 0.3) is 0 Å². The van der Waals surface area contributed by atoms with Crippen molar-refractivity contribution in [3.05, 3.63) is 46.6 Å². The van der Waals surface area contributed by atoms with Crippen molar-refractivity contribution in [1.29, 1.82) is 0 Å². The molecule has 0 spiro atoms. The summed E-state index contributed by atoms with van der Waals surface area (Å²) in [6.07, 6.45) is 21.9. The van der Waals surface area contributed by atoms with Gasteiger partial charge in [0.05, 0.1) is 0 Å². The maximum absolute atomic E-state index is 11.8. The minimum absolute atomic E-state index is 0. The largest absolute Gasteiger partial charge is 2.00 e. The molecule has 4 nitrogen and oxygen atoms in total. The van der Waals surface area contributed by atoms with Crippen molar-refractivity contribution in [2.75, 3.05) is 0 Å². The average molecular weight is 810 g/mol. The van der Waals surface area contributed by atoms with Crippen LogP contribution in [-0.4, -0.2) is 39.2 Å². The van der Waals surface area contributed by atoms with Gasteiger partial charge >= 0.3 is 27.3 Å². The third kappa shape index (κ3) is 6.25. The average Bonchev–Trinajstić information content (AvgIpc) is 2.96. The maximum Gasteiger partial charge on any atom is 2.00 e. The van der Waals surface area contributed by atoms with E-state index in [0.29, 0.717) is 23.7 Å². The summed E-state index contributed by atoms with van der Waals surface area (Å²) in [4.78, 5) is 23.7. The van der Waals surface area contributed by atoms with Crippen molar-refractivity contribution in [3.8, 4) is 0 Å². The molecular formula is C40H58O4Pb. The van der Waals surface area contributed by atoms with Crippen molar-refractivity contribution < 1.29 is 19.8 Å². The molecule has 0 bridgehead atoms. The number of hydrogen-bond acceptors (Lipinski definition) is 4. The summed E-state index contributed by atoms with van der Waals surface area (Å²) in [6.45, 7) is 17.7. The molecule has 8 atom stereocenters. The molecule has 0 aromatic rings. The molecule has 0 aromatic carbocycles. The van der Waals surface area contributed by atoms with E-state index in [-0.39, 0.29) is 50.0 Å². The molecule has 2 saturated carbocycles. The minimum atomic E-state index is -0.838. The molecule has 45 heavy (non-hydrogen) atoms. The smallest absolute Gasteiger partial charge is 0.550 e. The van der Waals surface area contributed by atoms with Gasteiger partial charge in [-0.25, -0.2) is 0 Å². The van der Waals surface area contributed by atoms with Gasteiger partial charge in [0.1, 0.15) is 0 Å². The molecule has 0 aliphatic heterocycles. The van der Waals surface area contributed by atoms with Crippen LogP contribution in [0, 0.1) is 57.2 Å². The molecule has 6 aliphatic rings. The first kappa shape index (κ1) is 36.7. The topological polar surface area (TPSA) is 80.3 Å². The van der Waals surface area contributed by atoms with Gasteiger partial charge in [-0.05, 0) is 122 Å². The molecule has 6 rings (SSSR count). The zero-order valence-electron chi connectivity index (χ0n) is 29.4. The molecule has 2 unspecified atom stereocenters.